The highest BCUT2D eigenvalue weighted by Crippen LogP contribution is 2.23. The Morgan fingerprint density at radius 3 is 2.38 bits per heavy atom. The molecule has 9 heteroatoms. The van der Waals surface area contributed by atoms with E-state index in [1.165, 1.54) is 0 Å². The summed E-state index contributed by atoms with van der Waals surface area (Å²) in [6, 6.07) is 13.0. The Balaban J connectivity index is 1.68. The molecule has 4 N–H and O–H groups in total. The predicted octanol–water partition coefficient (Wildman–Crippen LogP) is 3.86. The number of hydrogen-bond acceptors (Lipinski definition) is 5. The molecular formula is C33H43N5O4. The lowest BCUT2D eigenvalue weighted by Gasteiger charge is -2.34. The van der Waals surface area contributed by atoms with Crippen LogP contribution in [0.15, 0.2) is 60.9 Å². The van der Waals surface area contributed by atoms with Gasteiger partial charge in [0.2, 0.25) is 17.7 Å². The fraction of sp³-hybridized carbons (Fsp3) is 0.424. The van der Waals surface area contributed by atoms with Gasteiger partial charge in [0.15, 0.2) is 0 Å². The standard InChI is InChI=1S/C33H43N5O4/c1-20(2)17-27-31(39)34-16-15-22-11-13-24(14-12-22)42-30(21(3)4)29(33(41)36-27)37-32(40)28(38(5)6)18-23-19-35-26-10-8-7-9-25(23)26/h7-16,19-21,27-30,35H,17-18H2,1-6H3,(H,34,39)(H,36,41)(H,37,40)/b16-15+/t27?,28-,29?,30?/m0/s1. The number of aromatic amines is 1. The van der Waals surface area contributed by atoms with E-state index in [0.29, 0.717) is 18.6 Å². The first-order chi connectivity index (χ1) is 20.0. The van der Waals surface area contributed by atoms with Gasteiger partial charge in [-0.05, 0) is 74.2 Å². The van der Waals surface area contributed by atoms with Gasteiger partial charge in [-0.1, -0.05) is 58.0 Å². The summed E-state index contributed by atoms with van der Waals surface area (Å²) >= 11 is 0. The summed E-state index contributed by atoms with van der Waals surface area (Å²) in [6.45, 7) is 7.89. The van der Waals surface area contributed by atoms with Crippen LogP contribution in [0.2, 0.25) is 0 Å². The van der Waals surface area contributed by atoms with E-state index >= 15 is 0 Å². The van der Waals surface area contributed by atoms with Gasteiger partial charge in [-0.3, -0.25) is 19.3 Å². The molecule has 0 fully saturated rings. The number of H-pyrrole nitrogens is 1. The van der Waals surface area contributed by atoms with Gasteiger partial charge in [-0.15, -0.1) is 0 Å². The molecule has 0 aliphatic carbocycles. The Morgan fingerprint density at radius 2 is 1.71 bits per heavy atom. The van der Waals surface area contributed by atoms with Crippen LogP contribution >= 0.6 is 0 Å². The molecule has 3 aromatic rings. The van der Waals surface area contributed by atoms with Gasteiger partial charge < -0.3 is 25.7 Å². The summed E-state index contributed by atoms with van der Waals surface area (Å²) in [7, 11) is 3.70. The fourth-order valence-electron chi connectivity index (χ4n) is 5.25. The first kappa shape index (κ1) is 30.8. The molecule has 0 saturated heterocycles. The molecule has 42 heavy (non-hydrogen) atoms. The smallest absolute Gasteiger partial charge is 0.247 e. The van der Waals surface area contributed by atoms with E-state index in [1.54, 1.807) is 12.3 Å². The minimum Gasteiger partial charge on any atom is -0.487 e. The molecule has 0 saturated carbocycles. The van der Waals surface area contributed by atoms with Crippen LogP contribution in [0.1, 0.15) is 45.2 Å². The van der Waals surface area contributed by atoms with Gasteiger partial charge in [0.25, 0.3) is 0 Å². The molecule has 0 spiro atoms. The van der Waals surface area contributed by atoms with Gasteiger partial charge in [-0.2, -0.15) is 0 Å². The number of benzene rings is 2. The number of carbonyl (C=O) groups excluding carboxylic acids is 3. The SMILES string of the molecule is CC(C)CC1NC(=O)C(NC(=O)[C@H](Cc2c[nH]c3ccccc23)N(C)C)C(C(C)C)Oc2ccc(cc2)/C=C/NC1=O. The number of likely N-dealkylation sites (N-methyl/N-ethyl adjacent to an activating group) is 1. The lowest BCUT2D eigenvalue weighted by molar-refractivity contribution is -0.136. The monoisotopic (exact) mass is 573 g/mol. The van der Waals surface area contributed by atoms with Gasteiger partial charge in [-0.25, -0.2) is 0 Å². The largest absolute Gasteiger partial charge is 0.487 e. The third-order valence-corrected chi connectivity index (χ3v) is 7.57. The van der Waals surface area contributed by atoms with Crippen molar-refractivity contribution in [3.63, 3.8) is 0 Å². The number of rotatable bonds is 8. The number of aromatic nitrogens is 1. The summed E-state index contributed by atoms with van der Waals surface area (Å²) in [6.07, 6.45) is 5.48. The molecule has 2 aliphatic heterocycles. The van der Waals surface area contributed by atoms with Crippen LogP contribution in [0.4, 0.5) is 0 Å². The molecule has 3 amide bonds. The van der Waals surface area contributed by atoms with Gasteiger partial charge in [0.05, 0.1) is 6.04 Å². The Labute approximate surface area is 248 Å². The average molecular weight is 574 g/mol. The van der Waals surface area contributed by atoms with Crippen LogP contribution < -0.4 is 20.7 Å². The van der Waals surface area contributed by atoms with E-state index in [4.69, 9.17) is 4.74 Å². The van der Waals surface area contributed by atoms with Crippen molar-refractivity contribution in [1.82, 2.24) is 25.8 Å². The fourth-order valence-corrected chi connectivity index (χ4v) is 5.25. The third kappa shape index (κ3) is 7.59. The lowest BCUT2D eigenvalue weighted by atomic mass is 9.96. The van der Waals surface area contributed by atoms with Crippen molar-refractivity contribution >= 4 is 34.7 Å². The Morgan fingerprint density at radius 1 is 1.00 bits per heavy atom. The molecule has 1 aromatic heterocycles. The van der Waals surface area contributed by atoms with Crippen molar-refractivity contribution in [1.29, 1.82) is 0 Å². The molecule has 4 atom stereocenters. The van der Waals surface area contributed by atoms with Gasteiger partial charge in [0.1, 0.15) is 23.9 Å². The maximum Gasteiger partial charge on any atom is 0.247 e. The van der Waals surface area contributed by atoms with E-state index in [2.05, 4.69) is 20.9 Å². The van der Waals surface area contributed by atoms with E-state index in [0.717, 1.165) is 22.0 Å². The number of ether oxygens (including phenoxy) is 1. The van der Waals surface area contributed by atoms with Crippen LogP contribution in [0.25, 0.3) is 17.0 Å². The van der Waals surface area contributed by atoms with E-state index in [9.17, 15) is 14.4 Å². The maximum atomic E-state index is 14.0. The van der Waals surface area contributed by atoms with Crippen molar-refractivity contribution in [3.8, 4) is 5.75 Å². The highest BCUT2D eigenvalue weighted by molar-refractivity contribution is 5.94. The molecule has 3 heterocycles. The van der Waals surface area contributed by atoms with Gasteiger partial charge >= 0.3 is 0 Å². The molecule has 9 nitrogen and oxygen atoms in total. The highest BCUT2D eigenvalue weighted by Gasteiger charge is 2.38. The van der Waals surface area contributed by atoms with Crippen LogP contribution in [0.3, 0.4) is 0 Å². The molecule has 224 valence electrons. The molecule has 2 aliphatic rings. The normalized spacial score (nSPS) is 21.1. The van der Waals surface area contributed by atoms with Crippen LogP contribution in [0, 0.1) is 11.8 Å². The Hall–Kier alpha value is -4.11. The average Bonchev–Trinajstić information content (AvgIpc) is 3.35. The van der Waals surface area contributed by atoms with E-state index < -0.39 is 30.1 Å². The molecule has 5 rings (SSSR count). The molecule has 2 bridgehead atoms. The van der Waals surface area contributed by atoms with E-state index in [1.807, 2.05) is 101 Å². The summed E-state index contributed by atoms with van der Waals surface area (Å²) in [5.41, 5.74) is 2.90. The van der Waals surface area contributed by atoms with Gasteiger partial charge in [0, 0.05) is 23.3 Å². The van der Waals surface area contributed by atoms with Crippen molar-refractivity contribution in [3.05, 3.63) is 72.1 Å². The van der Waals surface area contributed by atoms with Crippen LogP contribution in [-0.2, 0) is 20.8 Å². The lowest BCUT2D eigenvalue weighted by Crippen LogP contribution is -2.62. The second kappa shape index (κ2) is 13.7. The zero-order valence-electron chi connectivity index (χ0n) is 25.3. The summed E-state index contributed by atoms with van der Waals surface area (Å²) in [4.78, 5) is 46.2. The number of fused-ring (bicyclic) bond motifs is 11. The van der Waals surface area contributed by atoms with Crippen LogP contribution in [0.5, 0.6) is 5.75 Å². The highest BCUT2D eigenvalue weighted by atomic mass is 16.5. The van der Waals surface area contributed by atoms with Crippen LogP contribution in [-0.4, -0.2) is 65.9 Å². The second-order valence-electron chi connectivity index (χ2n) is 12.0. The minimum absolute atomic E-state index is 0.141. The first-order valence-corrected chi connectivity index (χ1v) is 14.6. The maximum absolute atomic E-state index is 14.0. The van der Waals surface area contributed by atoms with Crippen molar-refractivity contribution < 1.29 is 19.1 Å². The number of para-hydroxylation sites is 1. The zero-order chi connectivity index (χ0) is 30.4. The van der Waals surface area contributed by atoms with Crippen molar-refractivity contribution in [2.75, 3.05) is 14.1 Å². The summed E-state index contributed by atoms with van der Waals surface area (Å²) in [5.74, 6) is -0.498. The zero-order valence-corrected chi connectivity index (χ0v) is 25.3. The number of carbonyl (C=O) groups is 3. The van der Waals surface area contributed by atoms with Crippen molar-refractivity contribution in [2.24, 2.45) is 11.8 Å². The summed E-state index contributed by atoms with van der Waals surface area (Å²) < 4.78 is 6.39. The molecular weight excluding hydrogens is 530 g/mol. The molecule has 2 aromatic carbocycles. The second-order valence-corrected chi connectivity index (χ2v) is 12.0. The van der Waals surface area contributed by atoms with E-state index in [-0.39, 0.29) is 23.7 Å². The summed E-state index contributed by atoms with van der Waals surface area (Å²) in [5, 5.41) is 9.80. The predicted molar refractivity (Wildman–Crippen MR) is 166 cm³/mol. The molecule has 3 unspecified atom stereocenters. The molecule has 0 radical (unpaired) electrons. The number of nitrogens with one attached hydrogen (secondary N) is 4. The Kier molecular flexibility index (Phi) is 10.1. The third-order valence-electron chi connectivity index (χ3n) is 7.57. The number of nitrogens with zero attached hydrogens (tertiary/aromatic N) is 1. The minimum atomic E-state index is -1.05. The van der Waals surface area contributed by atoms with Crippen molar-refractivity contribution in [2.45, 2.75) is 64.8 Å². The first-order valence-electron chi connectivity index (χ1n) is 14.6. The number of amides is 3. The topological polar surface area (TPSA) is 116 Å². The quantitative estimate of drug-likeness (QED) is 0.327. The number of hydrogen-bond donors (Lipinski definition) is 4. The Bertz CT molecular complexity index is 1410.